The van der Waals surface area contributed by atoms with Crippen LogP contribution in [0, 0.1) is 12.7 Å². The van der Waals surface area contributed by atoms with Gasteiger partial charge in [-0.15, -0.1) is 0 Å². The lowest BCUT2D eigenvalue weighted by molar-refractivity contribution is 0.599. The normalized spacial score (nSPS) is 11.3. The molecular weight excluding hydrogens is 275 g/mol. The van der Waals surface area contributed by atoms with Gasteiger partial charge in [0.05, 0.1) is 10.6 Å². The minimum absolute atomic E-state index is 0.179. The maximum absolute atomic E-state index is 12.8. The van der Waals surface area contributed by atoms with E-state index in [0.29, 0.717) is 11.1 Å². The predicted octanol–water partition coefficient (Wildman–Crippen LogP) is 3.62. The number of aryl methyl sites for hydroxylation is 1. The van der Waals surface area contributed by atoms with Gasteiger partial charge in [-0.1, -0.05) is 36.4 Å². The third-order valence-corrected chi connectivity index (χ3v) is 4.72. The van der Waals surface area contributed by atoms with Crippen LogP contribution in [0.5, 0.6) is 0 Å². The highest BCUT2D eigenvalue weighted by atomic mass is 32.2. The summed E-state index contributed by atoms with van der Waals surface area (Å²) in [5.74, 6) is -0.537. The Balaban J connectivity index is 2.22. The van der Waals surface area contributed by atoms with E-state index in [1.807, 2.05) is 6.92 Å². The van der Waals surface area contributed by atoms with E-state index in [4.69, 9.17) is 0 Å². The molecule has 2 aromatic carbocycles. The lowest BCUT2D eigenvalue weighted by atomic mass is 10.1. The van der Waals surface area contributed by atoms with Crippen LogP contribution >= 0.6 is 0 Å². The highest BCUT2D eigenvalue weighted by Crippen LogP contribution is 2.20. The number of sulfone groups is 1. The fourth-order valence-electron chi connectivity index (χ4n) is 1.83. The van der Waals surface area contributed by atoms with Crippen LogP contribution in [0.3, 0.4) is 0 Å². The smallest absolute Gasteiger partial charge is 0.182 e. The van der Waals surface area contributed by atoms with Gasteiger partial charge < -0.3 is 0 Å². The molecule has 0 saturated heterocycles. The molecule has 0 radical (unpaired) electrons. The molecule has 2 rings (SSSR count). The third-order valence-electron chi connectivity index (χ3n) is 3.00. The first-order chi connectivity index (χ1) is 9.38. The van der Waals surface area contributed by atoms with Crippen molar-refractivity contribution in [1.29, 1.82) is 0 Å². The summed E-state index contributed by atoms with van der Waals surface area (Å²) in [6.07, 6.45) is 0. The van der Waals surface area contributed by atoms with Gasteiger partial charge in [0.1, 0.15) is 5.82 Å². The van der Waals surface area contributed by atoms with Crippen LogP contribution in [0.15, 0.2) is 60.0 Å². The third kappa shape index (κ3) is 3.33. The van der Waals surface area contributed by atoms with E-state index in [-0.39, 0.29) is 16.5 Å². The molecule has 104 valence electrons. The largest absolute Gasteiger partial charge is 0.223 e. The van der Waals surface area contributed by atoms with Crippen molar-refractivity contribution < 1.29 is 12.8 Å². The maximum Gasteiger partial charge on any atom is 0.182 e. The standard InChI is InChI=1S/C16H15FO2S/c1-12-3-9-16(10-4-12)20(18,19)11-13(2)14-5-7-15(17)8-6-14/h3-10H,2,11H2,1H3. The molecule has 0 atom stereocenters. The average molecular weight is 290 g/mol. The Morgan fingerprint density at radius 2 is 1.60 bits per heavy atom. The van der Waals surface area contributed by atoms with Crippen LogP contribution in [0.1, 0.15) is 11.1 Å². The molecule has 4 heteroatoms. The Morgan fingerprint density at radius 3 is 2.15 bits per heavy atom. The zero-order chi connectivity index (χ0) is 14.8. The second kappa shape index (κ2) is 5.59. The van der Waals surface area contributed by atoms with Crippen molar-refractivity contribution in [1.82, 2.24) is 0 Å². The van der Waals surface area contributed by atoms with Crippen LogP contribution in [-0.4, -0.2) is 14.2 Å². The van der Waals surface area contributed by atoms with Gasteiger partial charge in [0, 0.05) is 0 Å². The zero-order valence-corrected chi connectivity index (χ0v) is 12.0. The van der Waals surface area contributed by atoms with Crippen molar-refractivity contribution in [3.8, 4) is 0 Å². The lowest BCUT2D eigenvalue weighted by Crippen LogP contribution is -2.08. The average Bonchev–Trinajstić information content (AvgIpc) is 2.39. The first-order valence-electron chi connectivity index (χ1n) is 6.11. The van der Waals surface area contributed by atoms with Crippen molar-refractivity contribution in [2.24, 2.45) is 0 Å². The van der Waals surface area contributed by atoms with Crippen molar-refractivity contribution in [3.63, 3.8) is 0 Å². The second-order valence-corrected chi connectivity index (χ2v) is 6.67. The predicted molar refractivity (Wildman–Crippen MR) is 78.7 cm³/mol. The fourth-order valence-corrected chi connectivity index (χ4v) is 3.17. The first kappa shape index (κ1) is 14.5. The van der Waals surface area contributed by atoms with E-state index < -0.39 is 9.84 Å². The Bertz CT molecular complexity index is 714. The molecule has 0 aliphatic carbocycles. The summed E-state index contributed by atoms with van der Waals surface area (Å²) in [5.41, 5.74) is 2.08. The van der Waals surface area contributed by atoms with Crippen molar-refractivity contribution in [3.05, 3.63) is 72.1 Å². The van der Waals surface area contributed by atoms with Gasteiger partial charge in [-0.2, -0.15) is 0 Å². The summed E-state index contributed by atoms with van der Waals surface area (Å²) in [6.45, 7) is 5.68. The van der Waals surface area contributed by atoms with E-state index >= 15 is 0 Å². The summed E-state index contributed by atoms with van der Waals surface area (Å²) >= 11 is 0. The van der Waals surface area contributed by atoms with E-state index in [2.05, 4.69) is 6.58 Å². The number of halogens is 1. The van der Waals surface area contributed by atoms with E-state index in [1.54, 1.807) is 24.3 Å². The molecule has 2 nitrogen and oxygen atoms in total. The summed E-state index contributed by atoms with van der Waals surface area (Å²) in [5, 5.41) is 0. The molecule has 0 unspecified atom stereocenters. The Morgan fingerprint density at radius 1 is 1.05 bits per heavy atom. The van der Waals surface area contributed by atoms with Crippen LogP contribution in [0.25, 0.3) is 5.57 Å². The number of hydrogen-bond donors (Lipinski definition) is 0. The molecule has 0 aliphatic heterocycles. The lowest BCUT2D eigenvalue weighted by Gasteiger charge is -2.08. The highest BCUT2D eigenvalue weighted by Gasteiger charge is 2.16. The van der Waals surface area contributed by atoms with Gasteiger partial charge in [0.2, 0.25) is 0 Å². The molecule has 0 heterocycles. The Kier molecular flexibility index (Phi) is 4.04. The van der Waals surface area contributed by atoms with Gasteiger partial charge in [-0.05, 0) is 42.3 Å². The van der Waals surface area contributed by atoms with Gasteiger partial charge in [-0.3, -0.25) is 0 Å². The van der Waals surface area contributed by atoms with Crippen LogP contribution in [0.4, 0.5) is 4.39 Å². The van der Waals surface area contributed by atoms with Gasteiger partial charge in [0.25, 0.3) is 0 Å². The molecule has 0 N–H and O–H groups in total. The van der Waals surface area contributed by atoms with Crippen LogP contribution in [-0.2, 0) is 9.84 Å². The van der Waals surface area contributed by atoms with Crippen LogP contribution < -0.4 is 0 Å². The fraction of sp³-hybridized carbons (Fsp3) is 0.125. The van der Waals surface area contributed by atoms with E-state index in [1.165, 1.54) is 24.3 Å². The topological polar surface area (TPSA) is 34.1 Å². The molecule has 0 spiro atoms. The molecular formula is C16H15FO2S. The maximum atomic E-state index is 12.8. The van der Waals surface area contributed by atoms with E-state index in [0.717, 1.165) is 5.56 Å². The zero-order valence-electron chi connectivity index (χ0n) is 11.1. The molecule has 0 amide bonds. The molecule has 0 bridgehead atoms. The Labute approximate surface area is 118 Å². The van der Waals surface area contributed by atoms with Gasteiger partial charge in [0.15, 0.2) is 9.84 Å². The van der Waals surface area contributed by atoms with Crippen molar-refractivity contribution in [2.75, 3.05) is 5.75 Å². The van der Waals surface area contributed by atoms with Crippen molar-refractivity contribution >= 4 is 15.4 Å². The van der Waals surface area contributed by atoms with Gasteiger partial charge >= 0.3 is 0 Å². The Hall–Kier alpha value is -1.94. The molecule has 0 saturated carbocycles. The molecule has 20 heavy (non-hydrogen) atoms. The number of benzene rings is 2. The highest BCUT2D eigenvalue weighted by molar-refractivity contribution is 7.91. The molecule has 0 aliphatic rings. The monoisotopic (exact) mass is 290 g/mol. The summed E-state index contributed by atoms with van der Waals surface area (Å²) in [6, 6.07) is 12.3. The summed E-state index contributed by atoms with van der Waals surface area (Å²) < 4.78 is 37.4. The molecule has 2 aromatic rings. The number of hydrogen-bond acceptors (Lipinski definition) is 2. The molecule has 0 fully saturated rings. The van der Waals surface area contributed by atoms with Gasteiger partial charge in [-0.25, -0.2) is 12.8 Å². The first-order valence-corrected chi connectivity index (χ1v) is 7.77. The minimum atomic E-state index is -3.43. The second-order valence-electron chi connectivity index (χ2n) is 4.68. The SMILES string of the molecule is C=C(CS(=O)(=O)c1ccc(C)cc1)c1ccc(F)cc1. The summed E-state index contributed by atoms with van der Waals surface area (Å²) in [4.78, 5) is 0.270. The number of rotatable bonds is 4. The van der Waals surface area contributed by atoms with Crippen molar-refractivity contribution in [2.45, 2.75) is 11.8 Å². The summed E-state index contributed by atoms with van der Waals surface area (Å²) in [7, 11) is -3.43. The van der Waals surface area contributed by atoms with E-state index in [9.17, 15) is 12.8 Å². The van der Waals surface area contributed by atoms with Crippen LogP contribution in [0.2, 0.25) is 0 Å². The minimum Gasteiger partial charge on any atom is -0.223 e. The molecule has 0 aromatic heterocycles. The quantitative estimate of drug-likeness (QED) is 0.862.